The second-order valence-corrected chi connectivity index (χ2v) is 9.57. The van der Waals surface area contributed by atoms with Crippen LogP contribution in [0.2, 0.25) is 0 Å². The third kappa shape index (κ3) is 3.18. The molecule has 3 aromatic rings. The summed E-state index contributed by atoms with van der Waals surface area (Å²) in [5, 5.41) is 0.379. The molecule has 2 aromatic carbocycles. The fraction of sp³-hybridized carbons (Fsp3) is 0.393. The van der Waals surface area contributed by atoms with Crippen LogP contribution in [0.3, 0.4) is 0 Å². The third-order valence-corrected chi connectivity index (χ3v) is 7.15. The van der Waals surface area contributed by atoms with Gasteiger partial charge in [0.1, 0.15) is 5.58 Å². The number of rotatable bonds is 6. The summed E-state index contributed by atoms with van der Waals surface area (Å²) in [5.74, 6) is -0.784. The van der Waals surface area contributed by atoms with E-state index in [1.54, 1.807) is 17.0 Å². The van der Waals surface area contributed by atoms with E-state index in [-0.39, 0.29) is 35.3 Å². The van der Waals surface area contributed by atoms with Gasteiger partial charge >= 0.3 is 0 Å². The Hall–Kier alpha value is -3.45. The average Bonchev–Trinajstić information content (AvgIpc) is 3.22. The lowest BCUT2D eigenvalue weighted by Crippen LogP contribution is -2.53. The van der Waals surface area contributed by atoms with E-state index in [9.17, 15) is 14.4 Å². The Morgan fingerprint density at radius 1 is 1.06 bits per heavy atom. The van der Waals surface area contributed by atoms with Crippen LogP contribution in [0.25, 0.3) is 11.0 Å². The molecule has 3 heterocycles. The van der Waals surface area contributed by atoms with Gasteiger partial charge < -0.3 is 19.0 Å². The van der Waals surface area contributed by atoms with Crippen molar-refractivity contribution < 1.29 is 18.7 Å². The van der Waals surface area contributed by atoms with Crippen molar-refractivity contribution >= 4 is 28.5 Å². The molecule has 1 atom stereocenters. The molecule has 0 fully saturated rings. The molecule has 7 nitrogen and oxygen atoms in total. The third-order valence-electron chi connectivity index (χ3n) is 7.15. The van der Waals surface area contributed by atoms with Gasteiger partial charge in [-0.2, -0.15) is 0 Å². The highest BCUT2D eigenvalue weighted by atomic mass is 16.5. The van der Waals surface area contributed by atoms with E-state index in [0.717, 1.165) is 11.1 Å². The summed E-state index contributed by atoms with van der Waals surface area (Å²) in [5.41, 5.74) is 1.85. The molecule has 182 valence electrons. The molecule has 0 bridgehead atoms. The number of aryl methyl sites for hydroxylation is 2. The topological polar surface area (TPSA) is 80.1 Å². The predicted octanol–water partition coefficient (Wildman–Crippen LogP) is 4.29. The minimum atomic E-state index is -1.55. The second-order valence-electron chi connectivity index (χ2n) is 9.57. The van der Waals surface area contributed by atoms with Gasteiger partial charge in [0.2, 0.25) is 5.76 Å². The van der Waals surface area contributed by atoms with Gasteiger partial charge in [0.05, 0.1) is 22.7 Å². The average molecular weight is 475 g/mol. The Labute approximate surface area is 204 Å². The molecule has 5 rings (SSSR count). The highest BCUT2D eigenvalue weighted by Gasteiger charge is 2.64. The molecule has 0 saturated heterocycles. The number of benzene rings is 2. The molecule has 2 aliphatic heterocycles. The molecule has 1 spiro atoms. The van der Waals surface area contributed by atoms with Crippen molar-refractivity contribution in [3.63, 3.8) is 0 Å². The summed E-state index contributed by atoms with van der Waals surface area (Å²) in [6, 6.07) is 11.0. The van der Waals surface area contributed by atoms with Crippen LogP contribution in [-0.2, 0) is 15.1 Å². The SMILES string of the molecule is CCN1C(=O)[C@@]2(c3ccccc31)c1c(oc3cc(C)c(C)cc3c1=O)C(=O)N2CCCOC(C)C. The zero-order valence-corrected chi connectivity index (χ0v) is 20.8. The van der Waals surface area contributed by atoms with Gasteiger partial charge in [0.25, 0.3) is 11.8 Å². The van der Waals surface area contributed by atoms with Gasteiger partial charge in [-0.1, -0.05) is 18.2 Å². The lowest BCUT2D eigenvalue weighted by atomic mass is 9.83. The van der Waals surface area contributed by atoms with Crippen molar-refractivity contribution in [1.82, 2.24) is 4.90 Å². The summed E-state index contributed by atoms with van der Waals surface area (Å²) in [6.45, 7) is 10.8. The molecule has 0 unspecified atom stereocenters. The number of para-hydroxylation sites is 1. The minimum Gasteiger partial charge on any atom is -0.450 e. The van der Waals surface area contributed by atoms with E-state index in [1.165, 1.54) is 4.90 Å². The molecule has 0 radical (unpaired) electrons. The van der Waals surface area contributed by atoms with Crippen molar-refractivity contribution in [1.29, 1.82) is 0 Å². The van der Waals surface area contributed by atoms with Crippen molar-refractivity contribution in [2.45, 2.75) is 52.7 Å². The Balaban J connectivity index is 1.79. The zero-order chi connectivity index (χ0) is 25.1. The molecule has 0 aliphatic carbocycles. The summed E-state index contributed by atoms with van der Waals surface area (Å²) < 4.78 is 11.8. The maximum atomic E-state index is 14.2. The number of hydrogen-bond acceptors (Lipinski definition) is 5. The monoisotopic (exact) mass is 474 g/mol. The number of carbonyl (C=O) groups is 2. The minimum absolute atomic E-state index is 0.0448. The van der Waals surface area contributed by atoms with Gasteiger partial charge in [-0.3, -0.25) is 14.4 Å². The Bertz CT molecular complexity index is 1420. The largest absolute Gasteiger partial charge is 0.450 e. The summed E-state index contributed by atoms with van der Waals surface area (Å²) in [4.78, 5) is 45.3. The van der Waals surface area contributed by atoms with Crippen LogP contribution in [-0.4, -0.2) is 42.5 Å². The van der Waals surface area contributed by atoms with Gasteiger partial charge in [-0.15, -0.1) is 0 Å². The fourth-order valence-corrected chi connectivity index (χ4v) is 5.40. The first-order valence-electron chi connectivity index (χ1n) is 12.2. The van der Waals surface area contributed by atoms with Gasteiger partial charge in [-0.05, 0) is 70.4 Å². The Morgan fingerprint density at radius 2 is 1.77 bits per heavy atom. The van der Waals surface area contributed by atoms with E-state index < -0.39 is 11.4 Å². The van der Waals surface area contributed by atoms with E-state index in [4.69, 9.17) is 9.15 Å². The summed E-state index contributed by atoms with van der Waals surface area (Å²) >= 11 is 0. The smallest absolute Gasteiger partial charge is 0.291 e. The Morgan fingerprint density at radius 3 is 2.49 bits per heavy atom. The van der Waals surface area contributed by atoms with E-state index >= 15 is 0 Å². The van der Waals surface area contributed by atoms with Crippen molar-refractivity contribution in [2.75, 3.05) is 24.6 Å². The van der Waals surface area contributed by atoms with Crippen LogP contribution in [0.1, 0.15) is 60.0 Å². The van der Waals surface area contributed by atoms with Crippen LogP contribution in [0, 0.1) is 13.8 Å². The molecule has 1 aromatic heterocycles. The highest BCUT2D eigenvalue weighted by Crippen LogP contribution is 2.52. The number of ether oxygens (including phenoxy) is 1. The fourth-order valence-electron chi connectivity index (χ4n) is 5.40. The predicted molar refractivity (Wildman–Crippen MR) is 134 cm³/mol. The van der Waals surface area contributed by atoms with E-state index in [2.05, 4.69) is 0 Å². The Kier molecular flexibility index (Phi) is 5.55. The van der Waals surface area contributed by atoms with Gasteiger partial charge in [0.15, 0.2) is 11.0 Å². The molecular formula is C28H30N2O5. The first-order chi connectivity index (χ1) is 16.7. The molecule has 0 saturated carbocycles. The van der Waals surface area contributed by atoms with Crippen LogP contribution >= 0.6 is 0 Å². The lowest BCUT2D eigenvalue weighted by molar-refractivity contribution is -0.126. The molecule has 7 heteroatoms. The number of fused-ring (bicyclic) bond motifs is 5. The summed E-state index contributed by atoms with van der Waals surface area (Å²) in [6.07, 6.45) is 0.576. The first kappa shape index (κ1) is 23.3. The lowest BCUT2D eigenvalue weighted by Gasteiger charge is -2.34. The van der Waals surface area contributed by atoms with E-state index in [0.29, 0.717) is 41.8 Å². The van der Waals surface area contributed by atoms with Crippen molar-refractivity contribution in [2.24, 2.45) is 0 Å². The number of amides is 2. The number of anilines is 1. The van der Waals surface area contributed by atoms with Gasteiger partial charge in [-0.25, -0.2) is 0 Å². The van der Waals surface area contributed by atoms with Crippen molar-refractivity contribution in [3.05, 3.63) is 74.6 Å². The molecule has 2 amide bonds. The number of likely N-dealkylation sites (N-methyl/N-ethyl adjacent to an activating group) is 1. The maximum Gasteiger partial charge on any atom is 0.291 e. The number of hydrogen-bond donors (Lipinski definition) is 0. The normalized spacial score (nSPS) is 18.9. The van der Waals surface area contributed by atoms with Crippen LogP contribution in [0.4, 0.5) is 5.69 Å². The quantitative estimate of drug-likeness (QED) is 0.498. The standard InChI is InChI=1S/C28H30N2O5/c1-6-29-21-11-8-7-10-20(21)28(27(29)33)23-24(31)19-14-17(4)18(5)15-22(19)35-25(23)26(32)30(28)12-9-13-34-16(2)3/h7-8,10-11,14-16H,6,9,12-13H2,1-5H3/t28-/m1/s1. The maximum absolute atomic E-state index is 14.2. The first-order valence-corrected chi connectivity index (χ1v) is 12.2. The molecule has 2 aliphatic rings. The van der Waals surface area contributed by atoms with Crippen molar-refractivity contribution in [3.8, 4) is 0 Å². The highest BCUT2D eigenvalue weighted by molar-refractivity contribution is 6.17. The number of carbonyl (C=O) groups excluding carboxylic acids is 2. The number of nitrogens with zero attached hydrogens (tertiary/aromatic N) is 2. The second kappa shape index (κ2) is 8.34. The van der Waals surface area contributed by atoms with Crippen LogP contribution in [0.5, 0.6) is 0 Å². The molecular weight excluding hydrogens is 444 g/mol. The molecule has 0 N–H and O–H groups in total. The molecule has 35 heavy (non-hydrogen) atoms. The zero-order valence-electron chi connectivity index (χ0n) is 20.8. The summed E-state index contributed by atoms with van der Waals surface area (Å²) in [7, 11) is 0. The van der Waals surface area contributed by atoms with Gasteiger partial charge in [0, 0.05) is 25.3 Å². The van der Waals surface area contributed by atoms with Crippen LogP contribution < -0.4 is 10.3 Å². The van der Waals surface area contributed by atoms with E-state index in [1.807, 2.05) is 58.9 Å². The van der Waals surface area contributed by atoms with Crippen LogP contribution in [0.15, 0.2) is 45.6 Å².